The van der Waals surface area contributed by atoms with E-state index in [2.05, 4.69) is 14.3 Å². The van der Waals surface area contributed by atoms with Crippen LogP contribution in [0, 0.1) is 0 Å². The molecule has 0 aliphatic heterocycles. The molecule has 138 valence electrons. The predicted octanol–water partition coefficient (Wildman–Crippen LogP) is 2.20. The number of hydrogen-bond acceptors (Lipinski definition) is 5. The molecular weight excluding hydrogens is 350 g/mol. The van der Waals surface area contributed by atoms with Gasteiger partial charge in [-0.1, -0.05) is 25.1 Å². The number of nitrogens with two attached hydrogens (primary N) is 1. The van der Waals surface area contributed by atoms with Crippen molar-refractivity contribution in [1.82, 2.24) is 19.3 Å². The Morgan fingerprint density at radius 3 is 2.62 bits per heavy atom. The lowest BCUT2D eigenvalue weighted by Gasteiger charge is -2.42. The van der Waals surface area contributed by atoms with E-state index < -0.39 is 15.6 Å². The zero-order valence-corrected chi connectivity index (χ0v) is 15.8. The van der Waals surface area contributed by atoms with Gasteiger partial charge in [-0.15, -0.1) is 0 Å². The van der Waals surface area contributed by atoms with Gasteiger partial charge in [0.25, 0.3) is 0 Å². The first kappa shape index (κ1) is 17.2. The summed E-state index contributed by atoms with van der Waals surface area (Å²) in [5.41, 5.74) is 8.16. The summed E-state index contributed by atoms with van der Waals surface area (Å²) in [6, 6.07) is 7.85. The van der Waals surface area contributed by atoms with E-state index in [0.717, 1.165) is 47.9 Å². The number of aromatic nitrogens is 3. The van der Waals surface area contributed by atoms with E-state index in [1.54, 1.807) is 0 Å². The monoisotopic (exact) mass is 373 g/mol. The minimum Gasteiger partial charge on any atom is -0.382 e. The van der Waals surface area contributed by atoms with Crippen LogP contribution in [0.2, 0.25) is 0 Å². The molecule has 1 aliphatic rings. The Labute approximate surface area is 152 Å². The molecule has 0 radical (unpaired) electrons. The molecule has 2 heterocycles. The SMILES string of the molecule is CCc1nc2c(N)nc3ccccc3c2n1CC1(NS(C)(=O)=O)CCC1. The number of para-hydroxylation sites is 1. The molecule has 1 saturated carbocycles. The number of benzene rings is 1. The molecule has 1 fully saturated rings. The average molecular weight is 373 g/mol. The van der Waals surface area contributed by atoms with Crippen molar-refractivity contribution in [2.24, 2.45) is 0 Å². The summed E-state index contributed by atoms with van der Waals surface area (Å²) < 4.78 is 28.8. The number of anilines is 1. The van der Waals surface area contributed by atoms with Crippen LogP contribution in [0.15, 0.2) is 24.3 Å². The second-order valence-electron chi connectivity index (χ2n) is 7.19. The van der Waals surface area contributed by atoms with Gasteiger partial charge in [-0.05, 0) is 25.3 Å². The van der Waals surface area contributed by atoms with Gasteiger partial charge in [-0.25, -0.2) is 23.1 Å². The lowest BCUT2D eigenvalue weighted by atomic mass is 9.77. The van der Waals surface area contributed by atoms with Gasteiger partial charge < -0.3 is 10.3 Å². The van der Waals surface area contributed by atoms with Crippen LogP contribution in [0.1, 0.15) is 32.0 Å². The molecule has 3 N–H and O–H groups in total. The van der Waals surface area contributed by atoms with Crippen LogP contribution in [-0.4, -0.2) is 34.7 Å². The third-order valence-electron chi connectivity index (χ3n) is 5.18. The van der Waals surface area contributed by atoms with E-state index in [4.69, 9.17) is 10.7 Å². The molecule has 0 saturated heterocycles. The number of fused-ring (bicyclic) bond motifs is 3. The molecule has 3 aromatic rings. The van der Waals surface area contributed by atoms with Crippen LogP contribution in [0.5, 0.6) is 0 Å². The highest BCUT2D eigenvalue weighted by molar-refractivity contribution is 7.88. The largest absolute Gasteiger partial charge is 0.382 e. The van der Waals surface area contributed by atoms with Crippen molar-refractivity contribution in [3.63, 3.8) is 0 Å². The third-order valence-corrected chi connectivity index (χ3v) is 5.98. The number of nitrogens with one attached hydrogen (secondary N) is 1. The maximum Gasteiger partial charge on any atom is 0.209 e. The van der Waals surface area contributed by atoms with E-state index in [-0.39, 0.29) is 0 Å². The number of pyridine rings is 1. The minimum absolute atomic E-state index is 0.408. The highest BCUT2D eigenvalue weighted by Crippen LogP contribution is 2.37. The van der Waals surface area contributed by atoms with Crippen LogP contribution >= 0.6 is 0 Å². The topological polar surface area (TPSA) is 103 Å². The van der Waals surface area contributed by atoms with E-state index >= 15 is 0 Å². The highest BCUT2D eigenvalue weighted by atomic mass is 32.2. The van der Waals surface area contributed by atoms with Gasteiger partial charge in [0.2, 0.25) is 10.0 Å². The van der Waals surface area contributed by atoms with Crippen molar-refractivity contribution in [2.45, 2.75) is 44.7 Å². The predicted molar refractivity (Wildman–Crippen MR) is 103 cm³/mol. The molecule has 0 amide bonds. The number of aryl methyl sites for hydroxylation is 1. The molecule has 1 aliphatic carbocycles. The van der Waals surface area contributed by atoms with Gasteiger partial charge in [0.05, 0.1) is 22.8 Å². The van der Waals surface area contributed by atoms with Crippen LogP contribution in [0.3, 0.4) is 0 Å². The summed E-state index contributed by atoms with van der Waals surface area (Å²) in [6.07, 6.45) is 4.61. The summed E-state index contributed by atoms with van der Waals surface area (Å²) >= 11 is 0. The quantitative estimate of drug-likeness (QED) is 0.714. The number of nitrogen functional groups attached to an aromatic ring is 1. The molecule has 0 spiro atoms. The van der Waals surface area contributed by atoms with Crippen LogP contribution in [0.25, 0.3) is 21.9 Å². The van der Waals surface area contributed by atoms with E-state index in [0.29, 0.717) is 17.9 Å². The summed E-state index contributed by atoms with van der Waals surface area (Å²) in [5.74, 6) is 1.30. The molecule has 1 aromatic carbocycles. The zero-order valence-electron chi connectivity index (χ0n) is 15.0. The van der Waals surface area contributed by atoms with Crippen molar-refractivity contribution in [2.75, 3.05) is 12.0 Å². The Balaban J connectivity index is 1.94. The average Bonchev–Trinajstić information content (AvgIpc) is 2.91. The maximum atomic E-state index is 11.9. The van der Waals surface area contributed by atoms with Crippen LogP contribution in [-0.2, 0) is 23.0 Å². The van der Waals surface area contributed by atoms with E-state index in [1.807, 2.05) is 31.2 Å². The number of imidazole rings is 1. The first-order chi connectivity index (χ1) is 12.3. The van der Waals surface area contributed by atoms with Gasteiger partial charge in [-0.3, -0.25) is 0 Å². The smallest absolute Gasteiger partial charge is 0.209 e. The fraction of sp³-hybridized carbons (Fsp3) is 0.444. The Kier molecular flexibility index (Phi) is 3.92. The normalized spacial score (nSPS) is 16.8. The lowest BCUT2D eigenvalue weighted by Crippen LogP contribution is -2.55. The molecule has 2 aromatic heterocycles. The molecule has 0 unspecified atom stereocenters. The fourth-order valence-electron chi connectivity index (χ4n) is 3.94. The third kappa shape index (κ3) is 2.83. The first-order valence-electron chi connectivity index (χ1n) is 8.84. The standard InChI is InChI=1S/C18H23N5O2S/c1-3-14-21-15-16(12-7-4-5-8-13(12)20-17(15)19)23(14)11-18(9-6-10-18)22-26(2,24)25/h4-5,7-8,22H,3,6,9-11H2,1-2H3,(H2,19,20). The van der Waals surface area contributed by atoms with Crippen molar-refractivity contribution >= 4 is 37.8 Å². The van der Waals surface area contributed by atoms with Crippen molar-refractivity contribution < 1.29 is 8.42 Å². The number of sulfonamides is 1. The molecule has 0 atom stereocenters. The van der Waals surface area contributed by atoms with Crippen molar-refractivity contribution in [3.8, 4) is 0 Å². The van der Waals surface area contributed by atoms with E-state index in [1.165, 1.54) is 6.26 Å². The molecule has 7 nitrogen and oxygen atoms in total. The van der Waals surface area contributed by atoms with Gasteiger partial charge in [0, 0.05) is 18.4 Å². The zero-order chi connectivity index (χ0) is 18.5. The number of rotatable bonds is 5. The summed E-state index contributed by atoms with van der Waals surface area (Å²) in [7, 11) is -3.29. The summed E-state index contributed by atoms with van der Waals surface area (Å²) in [6.45, 7) is 2.59. The Hall–Kier alpha value is -2.19. The van der Waals surface area contributed by atoms with Crippen LogP contribution in [0.4, 0.5) is 5.82 Å². The molecule has 8 heteroatoms. The Bertz CT molecular complexity index is 1100. The molecule has 26 heavy (non-hydrogen) atoms. The Morgan fingerprint density at radius 2 is 2.00 bits per heavy atom. The summed E-state index contributed by atoms with van der Waals surface area (Å²) in [4.78, 5) is 9.19. The van der Waals surface area contributed by atoms with Crippen LogP contribution < -0.4 is 10.5 Å². The maximum absolute atomic E-state index is 11.9. The summed E-state index contributed by atoms with van der Waals surface area (Å²) in [5, 5.41) is 0.984. The Morgan fingerprint density at radius 1 is 1.27 bits per heavy atom. The van der Waals surface area contributed by atoms with Gasteiger partial charge in [-0.2, -0.15) is 0 Å². The lowest BCUT2D eigenvalue weighted by molar-refractivity contribution is 0.191. The molecular formula is C18H23N5O2S. The fourth-order valence-corrected chi connectivity index (χ4v) is 4.99. The van der Waals surface area contributed by atoms with Gasteiger partial charge in [0.1, 0.15) is 11.3 Å². The molecule has 4 rings (SSSR count). The van der Waals surface area contributed by atoms with E-state index in [9.17, 15) is 8.42 Å². The first-order valence-corrected chi connectivity index (χ1v) is 10.7. The van der Waals surface area contributed by atoms with Crippen molar-refractivity contribution in [1.29, 1.82) is 0 Å². The van der Waals surface area contributed by atoms with Gasteiger partial charge in [0.15, 0.2) is 5.82 Å². The number of nitrogens with zero attached hydrogens (tertiary/aromatic N) is 3. The highest BCUT2D eigenvalue weighted by Gasteiger charge is 2.40. The number of hydrogen-bond donors (Lipinski definition) is 2. The van der Waals surface area contributed by atoms with Crippen molar-refractivity contribution in [3.05, 3.63) is 30.1 Å². The second kappa shape index (κ2) is 5.92. The van der Waals surface area contributed by atoms with Gasteiger partial charge >= 0.3 is 0 Å². The second-order valence-corrected chi connectivity index (χ2v) is 8.94. The minimum atomic E-state index is -3.29. The molecule has 0 bridgehead atoms.